The number of rotatable bonds is 2. The largest absolute Gasteiger partial charge is 0.545 e. The molecule has 0 aliphatic carbocycles. The van der Waals surface area contributed by atoms with Crippen molar-refractivity contribution < 1.29 is 23.1 Å². The molecule has 5 nitrogen and oxygen atoms in total. The second kappa shape index (κ2) is 5.29. The van der Waals surface area contributed by atoms with Crippen LogP contribution in [0.5, 0.6) is 0 Å². The number of hydrogen-bond acceptors (Lipinski definition) is 4. The minimum Gasteiger partial charge on any atom is -0.545 e. The fraction of sp³-hybridized carbons (Fsp3) is 0.333. The number of halogens is 3. The Hall–Kier alpha value is -2.51. The summed E-state index contributed by atoms with van der Waals surface area (Å²) in [6, 6.07) is 4.50. The number of hydrogen-bond donors (Lipinski definition) is 1. The lowest BCUT2D eigenvalue weighted by atomic mass is 9.96. The molecule has 0 unspecified atom stereocenters. The van der Waals surface area contributed by atoms with E-state index < -0.39 is 24.2 Å². The molecule has 2 aromatic rings. The summed E-state index contributed by atoms with van der Waals surface area (Å²) >= 11 is 0. The molecule has 0 spiro atoms. The third kappa shape index (κ3) is 2.76. The number of alkyl halides is 3. The van der Waals surface area contributed by atoms with Crippen molar-refractivity contribution in [2.24, 2.45) is 0 Å². The molecule has 0 bridgehead atoms. The van der Waals surface area contributed by atoms with Gasteiger partial charge in [-0.2, -0.15) is 18.3 Å². The topological polar surface area (TPSA) is 70.0 Å². The van der Waals surface area contributed by atoms with Gasteiger partial charge in [0.1, 0.15) is 5.82 Å². The number of nitrogens with one attached hydrogen (secondary N) is 1. The molecule has 2 atom stereocenters. The van der Waals surface area contributed by atoms with Crippen LogP contribution in [-0.4, -0.2) is 21.9 Å². The van der Waals surface area contributed by atoms with E-state index in [4.69, 9.17) is 0 Å². The fourth-order valence-electron chi connectivity index (χ4n) is 2.73. The highest BCUT2D eigenvalue weighted by atomic mass is 19.4. The number of nitrogens with zero attached hydrogens (tertiary/aromatic N) is 2. The van der Waals surface area contributed by atoms with Crippen LogP contribution in [0, 0.1) is 6.92 Å². The lowest BCUT2D eigenvalue weighted by molar-refractivity contribution is -0.255. The van der Waals surface area contributed by atoms with Gasteiger partial charge in [-0.05, 0) is 12.5 Å². The third-order valence-corrected chi connectivity index (χ3v) is 3.94. The highest BCUT2D eigenvalue weighted by molar-refractivity contribution is 5.91. The molecular weight excluding hydrogens is 311 g/mol. The highest BCUT2D eigenvalue weighted by Gasteiger charge is 2.46. The minimum atomic E-state index is -4.53. The van der Waals surface area contributed by atoms with Gasteiger partial charge in [-0.1, -0.05) is 29.8 Å². The van der Waals surface area contributed by atoms with Gasteiger partial charge in [-0.25, -0.2) is 4.68 Å². The maximum Gasteiger partial charge on any atom is 0.410 e. The van der Waals surface area contributed by atoms with Crippen LogP contribution in [0.4, 0.5) is 19.0 Å². The maximum absolute atomic E-state index is 13.3. The van der Waals surface area contributed by atoms with Crippen molar-refractivity contribution in [3.63, 3.8) is 0 Å². The number of carboxylic acids is 1. The summed E-state index contributed by atoms with van der Waals surface area (Å²) in [7, 11) is 0. The number of benzene rings is 1. The van der Waals surface area contributed by atoms with E-state index in [1.165, 1.54) is 0 Å². The molecule has 1 N–H and O–H groups in total. The van der Waals surface area contributed by atoms with Gasteiger partial charge in [-0.15, -0.1) is 0 Å². The first kappa shape index (κ1) is 15.4. The summed E-state index contributed by atoms with van der Waals surface area (Å²) in [6.45, 7) is 1.87. The molecule has 1 aliphatic heterocycles. The van der Waals surface area contributed by atoms with Crippen LogP contribution in [0.1, 0.15) is 40.0 Å². The van der Waals surface area contributed by atoms with E-state index in [0.29, 0.717) is 10.2 Å². The number of aromatic nitrogens is 2. The van der Waals surface area contributed by atoms with Gasteiger partial charge in [0.15, 0.2) is 6.04 Å². The quantitative estimate of drug-likeness (QED) is 0.919. The molecule has 0 fully saturated rings. The van der Waals surface area contributed by atoms with Crippen LogP contribution in [0.15, 0.2) is 30.5 Å². The average Bonchev–Trinajstić information content (AvgIpc) is 2.89. The number of carbonyl (C=O) groups is 1. The van der Waals surface area contributed by atoms with E-state index in [-0.39, 0.29) is 17.8 Å². The molecule has 2 heterocycles. The first-order valence-corrected chi connectivity index (χ1v) is 6.96. The molecule has 0 saturated carbocycles. The van der Waals surface area contributed by atoms with Crippen LogP contribution in [0.2, 0.25) is 0 Å². The second-order valence-electron chi connectivity index (χ2n) is 5.54. The molecule has 0 radical (unpaired) electrons. The van der Waals surface area contributed by atoms with E-state index in [2.05, 4.69) is 10.4 Å². The van der Waals surface area contributed by atoms with Gasteiger partial charge in [0, 0.05) is 6.42 Å². The van der Waals surface area contributed by atoms with E-state index in [9.17, 15) is 23.1 Å². The van der Waals surface area contributed by atoms with Crippen molar-refractivity contribution >= 4 is 11.8 Å². The Labute approximate surface area is 129 Å². The fourth-order valence-corrected chi connectivity index (χ4v) is 2.73. The number of anilines is 1. The zero-order valence-electron chi connectivity index (χ0n) is 12.1. The first-order chi connectivity index (χ1) is 10.8. The first-order valence-electron chi connectivity index (χ1n) is 6.96. The number of fused-ring (bicyclic) bond motifs is 1. The number of carbonyl (C=O) groups excluding carboxylic acids is 1. The van der Waals surface area contributed by atoms with Crippen molar-refractivity contribution in [3.8, 4) is 0 Å². The van der Waals surface area contributed by atoms with E-state index in [0.717, 1.165) is 11.8 Å². The zero-order chi connectivity index (χ0) is 16.8. The zero-order valence-corrected chi connectivity index (χ0v) is 12.1. The SMILES string of the molecule is Cc1ccc([C@H]2C[C@H](C(F)(F)F)n3ncc(C(=O)[O-])c3N2)cc1. The van der Waals surface area contributed by atoms with E-state index in [1.807, 2.05) is 6.92 Å². The lowest BCUT2D eigenvalue weighted by Crippen LogP contribution is -2.36. The molecule has 23 heavy (non-hydrogen) atoms. The van der Waals surface area contributed by atoms with Crippen molar-refractivity contribution in [2.45, 2.75) is 31.6 Å². The van der Waals surface area contributed by atoms with Gasteiger partial charge in [0.25, 0.3) is 0 Å². The summed E-state index contributed by atoms with van der Waals surface area (Å²) in [5.74, 6) is -1.74. The van der Waals surface area contributed by atoms with Gasteiger partial charge in [-0.3, -0.25) is 0 Å². The molecule has 1 aromatic carbocycles. The third-order valence-electron chi connectivity index (χ3n) is 3.94. The Kier molecular flexibility index (Phi) is 3.54. The van der Waals surface area contributed by atoms with Crippen LogP contribution in [0.3, 0.4) is 0 Å². The summed E-state index contributed by atoms with van der Waals surface area (Å²) < 4.78 is 40.7. The van der Waals surface area contributed by atoms with Gasteiger partial charge >= 0.3 is 6.18 Å². The highest BCUT2D eigenvalue weighted by Crippen LogP contribution is 2.44. The summed E-state index contributed by atoms with van der Waals surface area (Å²) in [4.78, 5) is 11.1. The Morgan fingerprint density at radius 1 is 1.35 bits per heavy atom. The van der Waals surface area contributed by atoms with E-state index >= 15 is 0 Å². The van der Waals surface area contributed by atoms with E-state index in [1.54, 1.807) is 24.3 Å². The minimum absolute atomic E-state index is 0.177. The number of carboxylic acid groups (broad SMARTS) is 1. The summed E-state index contributed by atoms with van der Waals surface area (Å²) in [5, 5.41) is 17.5. The number of aromatic carboxylic acids is 1. The molecule has 1 aliphatic rings. The van der Waals surface area contributed by atoms with Crippen LogP contribution < -0.4 is 10.4 Å². The van der Waals surface area contributed by atoms with Crippen molar-refractivity contribution in [1.82, 2.24) is 9.78 Å². The molecule has 1 aromatic heterocycles. The standard InChI is InChI=1S/C15H14F3N3O2/c1-8-2-4-9(5-3-8)11-6-12(15(16,17)18)21-13(20-11)10(7-19-21)14(22)23/h2-5,7,11-12,20H,6H2,1H3,(H,22,23)/p-1/t11-,12-/m1/s1. The summed E-state index contributed by atoms with van der Waals surface area (Å²) in [6.07, 6.45) is -3.92. The van der Waals surface area contributed by atoms with Gasteiger partial charge in [0.05, 0.1) is 23.8 Å². The van der Waals surface area contributed by atoms with Crippen LogP contribution in [0.25, 0.3) is 0 Å². The molecule has 0 amide bonds. The monoisotopic (exact) mass is 324 g/mol. The molecule has 0 saturated heterocycles. The predicted octanol–water partition coefficient (Wildman–Crippen LogP) is 2.22. The van der Waals surface area contributed by atoms with Crippen molar-refractivity contribution in [3.05, 3.63) is 47.2 Å². The normalized spacial score (nSPS) is 20.7. The Morgan fingerprint density at radius 3 is 2.57 bits per heavy atom. The number of aryl methyl sites for hydroxylation is 1. The van der Waals surface area contributed by atoms with Crippen molar-refractivity contribution in [2.75, 3.05) is 5.32 Å². The molecule has 8 heteroatoms. The Balaban J connectivity index is 2.05. The predicted molar refractivity (Wildman–Crippen MR) is 73.8 cm³/mol. The van der Waals surface area contributed by atoms with Crippen LogP contribution in [-0.2, 0) is 0 Å². The molecule has 3 rings (SSSR count). The summed E-state index contributed by atoms with van der Waals surface area (Å²) in [5.41, 5.74) is 1.26. The lowest BCUT2D eigenvalue weighted by Gasteiger charge is -2.34. The molecular formula is C15H13F3N3O2-. The Morgan fingerprint density at radius 2 is 2.00 bits per heavy atom. The average molecular weight is 324 g/mol. The van der Waals surface area contributed by atoms with Crippen LogP contribution >= 0.6 is 0 Å². The van der Waals surface area contributed by atoms with Gasteiger partial charge < -0.3 is 15.2 Å². The maximum atomic E-state index is 13.3. The van der Waals surface area contributed by atoms with Crippen molar-refractivity contribution in [1.29, 1.82) is 0 Å². The molecule has 122 valence electrons. The Bertz CT molecular complexity index is 737. The smallest absolute Gasteiger partial charge is 0.410 e. The van der Waals surface area contributed by atoms with Gasteiger partial charge in [0.2, 0.25) is 0 Å². The second-order valence-corrected chi connectivity index (χ2v) is 5.54.